The fraction of sp³-hybridized carbons (Fsp3) is 0.625. The van der Waals surface area contributed by atoms with Gasteiger partial charge in [0, 0.05) is 38.4 Å². The lowest BCUT2D eigenvalue weighted by Crippen LogP contribution is -2.23. The van der Waals surface area contributed by atoms with Gasteiger partial charge in [0.05, 0.1) is 0 Å². The highest BCUT2D eigenvalue weighted by Gasteiger charge is 2.06. The van der Waals surface area contributed by atoms with E-state index < -0.39 is 0 Å². The number of aryl methyl sites for hydroxylation is 1. The second kappa shape index (κ2) is 3.15. The smallest absolute Gasteiger partial charge is 0.327 e. The lowest BCUT2D eigenvalue weighted by Gasteiger charge is -2.03. The zero-order valence-electron chi connectivity index (χ0n) is 7.74. The Kier molecular flexibility index (Phi) is 2.38. The molecule has 12 heavy (non-hydrogen) atoms. The van der Waals surface area contributed by atoms with E-state index in [4.69, 9.17) is 5.73 Å². The molecular weight excluding hydrogens is 154 g/mol. The number of rotatable bonds is 2. The van der Waals surface area contributed by atoms with Gasteiger partial charge in [0.15, 0.2) is 0 Å². The van der Waals surface area contributed by atoms with Gasteiger partial charge in [0.2, 0.25) is 0 Å². The van der Waals surface area contributed by atoms with Crippen LogP contribution in [0.3, 0.4) is 0 Å². The maximum Gasteiger partial charge on any atom is 0.327 e. The van der Waals surface area contributed by atoms with Gasteiger partial charge in [0.25, 0.3) is 0 Å². The minimum atomic E-state index is 0.00523. The highest BCUT2D eigenvalue weighted by atomic mass is 16.1. The molecule has 4 nitrogen and oxygen atoms in total. The Hall–Kier alpha value is -1.03. The minimum absolute atomic E-state index is 0.00523. The van der Waals surface area contributed by atoms with Crippen LogP contribution in [0.1, 0.15) is 12.6 Å². The molecule has 0 aliphatic heterocycles. The second-order valence-corrected chi connectivity index (χ2v) is 3.25. The molecule has 2 N–H and O–H groups in total. The number of nitrogens with two attached hydrogens (primary N) is 1. The van der Waals surface area contributed by atoms with E-state index in [2.05, 4.69) is 0 Å². The van der Waals surface area contributed by atoms with Gasteiger partial charge in [-0.2, -0.15) is 0 Å². The summed E-state index contributed by atoms with van der Waals surface area (Å²) >= 11 is 0. The van der Waals surface area contributed by atoms with Crippen LogP contribution in [0.4, 0.5) is 0 Å². The summed E-state index contributed by atoms with van der Waals surface area (Å²) in [6.45, 7) is 1.93. The van der Waals surface area contributed by atoms with Gasteiger partial charge in [0.1, 0.15) is 0 Å². The predicted molar refractivity (Wildman–Crippen MR) is 48.0 cm³/mol. The lowest BCUT2D eigenvalue weighted by molar-refractivity contribution is 0.679. The topological polar surface area (TPSA) is 52.9 Å². The van der Waals surface area contributed by atoms with Crippen LogP contribution in [0.25, 0.3) is 0 Å². The Balaban J connectivity index is 3.02. The van der Waals surface area contributed by atoms with E-state index in [1.54, 1.807) is 23.2 Å². The third kappa shape index (κ3) is 1.58. The molecule has 68 valence electrons. The van der Waals surface area contributed by atoms with Crippen molar-refractivity contribution in [2.75, 3.05) is 0 Å². The van der Waals surface area contributed by atoms with Crippen molar-refractivity contribution >= 4 is 0 Å². The van der Waals surface area contributed by atoms with Gasteiger partial charge < -0.3 is 10.3 Å². The summed E-state index contributed by atoms with van der Waals surface area (Å²) in [5, 5.41) is 0. The maximum absolute atomic E-state index is 11.3. The van der Waals surface area contributed by atoms with E-state index in [1.807, 2.05) is 13.1 Å². The standard InChI is InChI=1S/C8H15N3O/c1-6(9)4-7-5-10(2)8(12)11(7)3/h5-6H,4,9H2,1-3H3. The van der Waals surface area contributed by atoms with E-state index in [0.29, 0.717) is 0 Å². The molecule has 1 aromatic heterocycles. The number of hydrogen-bond donors (Lipinski definition) is 1. The lowest BCUT2D eigenvalue weighted by atomic mass is 10.2. The van der Waals surface area contributed by atoms with Gasteiger partial charge in [-0.25, -0.2) is 4.79 Å². The summed E-state index contributed by atoms with van der Waals surface area (Å²) in [5.41, 5.74) is 6.62. The normalized spacial score (nSPS) is 13.3. The predicted octanol–water partition coefficient (Wildman–Crippen LogP) is -0.386. The summed E-state index contributed by atoms with van der Waals surface area (Å²) in [4.78, 5) is 11.3. The van der Waals surface area contributed by atoms with Crippen LogP contribution in [0, 0.1) is 0 Å². The summed E-state index contributed by atoms with van der Waals surface area (Å²) < 4.78 is 3.20. The van der Waals surface area contributed by atoms with Crippen molar-refractivity contribution in [2.24, 2.45) is 19.8 Å². The van der Waals surface area contributed by atoms with Crippen molar-refractivity contribution in [1.82, 2.24) is 9.13 Å². The molecule has 0 aliphatic rings. The summed E-state index contributed by atoms with van der Waals surface area (Å²) in [7, 11) is 3.51. The molecule has 0 bridgehead atoms. The Labute approximate surface area is 71.6 Å². The Morgan fingerprint density at radius 1 is 1.58 bits per heavy atom. The molecule has 0 radical (unpaired) electrons. The first-order chi connectivity index (χ1) is 5.52. The van der Waals surface area contributed by atoms with Crippen LogP contribution < -0.4 is 11.4 Å². The molecular formula is C8H15N3O. The first-order valence-electron chi connectivity index (χ1n) is 3.99. The van der Waals surface area contributed by atoms with Gasteiger partial charge in [-0.1, -0.05) is 0 Å². The zero-order chi connectivity index (χ0) is 9.30. The third-order valence-electron chi connectivity index (χ3n) is 1.89. The third-order valence-corrected chi connectivity index (χ3v) is 1.89. The minimum Gasteiger partial charge on any atom is -0.328 e. The zero-order valence-corrected chi connectivity index (χ0v) is 7.74. The van der Waals surface area contributed by atoms with E-state index in [1.165, 1.54) is 0 Å². The van der Waals surface area contributed by atoms with Crippen LogP contribution >= 0.6 is 0 Å². The van der Waals surface area contributed by atoms with Crippen LogP contribution in [-0.4, -0.2) is 15.2 Å². The van der Waals surface area contributed by atoms with Crippen molar-refractivity contribution in [1.29, 1.82) is 0 Å². The van der Waals surface area contributed by atoms with Crippen LogP contribution in [0.2, 0.25) is 0 Å². The molecule has 1 rings (SSSR count). The average molecular weight is 169 g/mol. The van der Waals surface area contributed by atoms with Gasteiger partial charge in [-0.05, 0) is 6.92 Å². The average Bonchev–Trinajstić information content (AvgIpc) is 2.17. The van der Waals surface area contributed by atoms with Gasteiger partial charge >= 0.3 is 5.69 Å². The molecule has 4 heteroatoms. The summed E-state index contributed by atoms with van der Waals surface area (Å²) in [6, 6.07) is 0.0954. The molecule has 0 aliphatic carbocycles. The van der Waals surface area contributed by atoms with Crippen molar-refractivity contribution in [3.8, 4) is 0 Å². The first kappa shape index (κ1) is 9.06. The van der Waals surface area contributed by atoms with Gasteiger partial charge in [-0.3, -0.25) is 4.57 Å². The van der Waals surface area contributed by atoms with Crippen molar-refractivity contribution in [2.45, 2.75) is 19.4 Å². The van der Waals surface area contributed by atoms with E-state index in [9.17, 15) is 4.79 Å². The van der Waals surface area contributed by atoms with E-state index in [0.717, 1.165) is 12.1 Å². The largest absolute Gasteiger partial charge is 0.328 e. The molecule has 0 saturated heterocycles. The molecule has 1 atom stereocenters. The van der Waals surface area contributed by atoms with E-state index >= 15 is 0 Å². The Morgan fingerprint density at radius 2 is 2.17 bits per heavy atom. The molecule has 0 fully saturated rings. The molecule has 1 heterocycles. The monoisotopic (exact) mass is 169 g/mol. The Morgan fingerprint density at radius 3 is 2.50 bits per heavy atom. The molecule has 1 aromatic rings. The van der Waals surface area contributed by atoms with Crippen molar-refractivity contribution < 1.29 is 0 Å². The fourth-order valence-corrected chi connectivity index (χ4v) is 1.24. The number of aromatic nitrogens is 2. The molecule has 0 aromatic carbocycles. The first-order valence-corrected chi connectivity index (χ1v) is 3.99. The quantitative estimate of drug-likeness (QED) is 0.655. The summed E-state index contributed by atoms with van der Waals surface area (Å²) in [5.74, 6) is 0. The van der Waals surface area contributed by atoms with Gasteiger partial charge in [-0.15, -0.1) is 0 Å². The SMILES string of the molecule is CC(N)Cc1cn(C)c(=O)n1C. The van der Waals surface area contributed by atoms with Crippen LogP contribution in [0.5, 0.6) is 0 Å². The highest BCUT2D eigenvalue weighted by Crippen LogP contribution is 1.97. The van der Waals surface area contributed by atoms with Crippen molar-refractivity contribution in [3.05, 3.63) is 22.4 Å². The maximum atomic E-state index is 11.3. The number of nitrogens with zero attached hydrogens (tertiary/aromatic N) is 2. The molecule has 0 spiro atoms. The highest BCUT2D eigenvalue weighted by molar-refractivity contribution is 5.01. The molecule has 0 amide bonds. The Bertz CT molecular complexity index is 322. The molecule has 0 saturated carbocycles. The van der Waals surface area contributed by atoms with Crippen LogP contribution in [0.15, 0.2) is 11.0 Å². The van der Waals surface area contributed by atoms with Crippen LogP contribution in [-0.2, 0) is 20.5 Å². The number of imidazole rings is 1. The van der Waals surface area contributed by atoms with Crippen molar-refractivity contribution in [3.63, 3.8) is 0 Å². The number of hydrogen-bond acceptors (Lipinski definition) is 2. The fourth-order valence-electron chi connectivity index (χ4n) is 1.24. The van der Waals surface area contributed by atoms with E-state index in [-0.39, 0.29) is 11.7 Å². The molecule has 1 unspecified atom stereocenters. The summed E-state index contributed by atoms with van der Waals surface area (Å²) in [6.07, 6.45) is 2.57. The second-order valence-electron chi connectivity index (χ2n) is 3.25.